The number of carbonyl (C=O) groups is 1. The number of cyclic esters (lactones) is 1. The number of carbonyl (C=O) groups excluding carboxylic acids is 1. The Kier molecular flexibility index (Phi) is 2.07. The molecule has 1 aromatic rings. The Hall–Kier alpha value is -1.71. The van der Waals surface area contributed by atoms with E-state index in [4.69, 9.17) is 9.47 Å². The van der Waals surface area contributed by atoms with Gasteiger partial charge in [0.15, 0.2) is 0 Å². The first-order valence-electron chi connectivity index (χ1n) is 4.64. The van der Waals surface area contributed by atoms with Gasteiger partial charge >= 0.3 is 5.97 Å². The van der Waals surface area contributed by atoms with Gasteiger partial charge in [-0.2, -0.15) is 0 Å². The molecule has 4 heteroatoms. The van der Waals surface area contributed by atoms with Gasteiger partial charge in [0.05, 0.1) is 7.11 Å². The number of ether oxygens (including phenoxy) is 2. The molecule has 0 spiro atoms. The molecule has 0 amide bonds. The van der Waals surface area contributed by atoms with E-state index in [1.807, 2.05) is 6.92 Å². The molecule has 0 aliphatic carbocycles. The Morgan fingerprint density at radius 1 is 1.33 bits per heavy atom. The molecule has 0 saturated carbocycles. The van der Waals surface area contributed by atoms with Gasteiger partial charge in [-0.05, 0) is 19.4 Å². The lowest BCUT2D eigenvalue weighted by atomic mass is 9.98. The van der Waals surface area contributed by atoms with Crippen LogP contribution in [0.5, 0.6) is 11.5 Å². The first-order valence-corrected chi connectivity index (χ1v) is 4.64. The SMILES string of the molecule is COc1c(C)c(O)c2c(c1C)COC2=O. The standard InChI is InChI=1S/C11H12O4/c1-5-7-4-15-11(13)8(7)9(12)6(2)10(5)14-3/h12H,4H2,1-3H3. The molecule has 1 heterocycles. The quantitative estimate of drug-likeness (QED) is 0.713. The van der Waals surface area contributed by atoms with Crippen molar-refractivity contribution >= 4 is 5.97 Å². The van der Waals surface area contributed by atoms with E-state index in [-0.39, 0.29) is 17.9 Å². The molecule has 1 aliphatic rings. The van der Waals surface area contributed by atoms with Crippen molar-refractivity contribution in [2.75, 3.05) is 7.11 Å². The lowest BCUT2D eigenvalue weighted by Crippen LogP contribution is -2.00. The van der Waals surface area contributed by atoms with Crippen LogP contribution in [0.1, 0.15) is 27.0 Å². The predicted octanol–water partition coefficient (Wildman–Crippen LogP) is 1.69. The van der Waals surface area contributed by atoms with Crippen molar-refractivity contribution < 1.29 is 19.4 Å². The van der Waals surface area contributed by atoms with Crippen LogP contribution in [0.25, 0.3) is 0 Å². The fourth-order valence-corrected chi connectivity index (χ4v) is 1.96. The number of hydrogen-bond acceptors (Lipinski definition) is 4. The van der Waals surface area contributed by atoms with Crippen molar-refractivity contribution in [1.29, 1.82) is 0 Å². The van der Waals surface area contributed by atoms with E-state index in [0.29, 0.717) is 11.3 Å². The normalized spacial score (nSPS) is 13.7. The Bertz CT molecular complexity index is 449. The van der Waals surface area contributed by atoms with Crippen molar-refractivity contribution in [2.24, 2.45) is 0 Å². The molecule has 1 N–H and O–H groups in total. The molecular weight excluding hydrogens is 196 g/mol. The second-order valence-corrected chi connectivity index (χ2v) is 3.56. The number of aromatic hydroxyl groups is 1. The van der Waals surface area contributed by atoms with Crippen LogP contribution in [-0.2, 0) is 11.3 Å². The molecule has 1 aliphatic heterocycles. The smallest absolute Gasteiger partial charge is 0.342 e. The third-order valence-electron chi connectivity index (χ3n) is 2.78. The van der Waals surface area contributed by atoms with Gasteiger partial charge in [-0.25, -0.2) is 4.79 Å². The van der Waals surface area contributed by atoms with Crippen molar-refractivity contribution in [3.05, 3.63) is 22.3 Å². The van der Waals surface area contributed by atoms with Crippen LogP contribution in [-0.4, -0.2) is 18.2 Å². The minimum absolute atomic E-state index is 0.0325. The summed E-state index contributed by atoms with van der Waals surface area (Å²) in [6.07, 6.45) is 0. The molecule has 2 rings (SSSR count). The van der Waals surface area contributed by atoms with Crippen molar-refractivity contribution in [3.8, 4) is 11.5 Å². The van der Waals surface area contributed by atoms with E-state index in [1.165, 1.54) is 0 Å². The average molecular weight is 208 g/mol. The summed E-state index contributed by atoms with van der Waals surface area (Å²) in [4.78, 5) is 11.4. The van der Waals surface area contributed by atoms with Gasteiger partial charge in [-0.15, -0.1) is 0 Å². The number of esters is 1. The van der Waals surface area contributed by atoms with Gasteiger partial charge in [0.1, 0.15) is 23.7 Å². The summed E-state index contributed by atoms with van der Waals surface area (Å²) in [5, 5.41) is 9.84. The van der Waals surface area contributed by atoms with Gasteiger partial charge in [-0.1, -0.05) is 0 Å². The molecule has 0 unspecified atom stereocenters. The largest absolute Gasteiger partial charge is 0.507 e. The third-order valence-corrected chi connectivity index (χ3v) is 2.78. The van der Waals surface area contributed by atoms with Gasteiger partial charge in [0.2, 0.25) is 0 Å². The summed E-state index contributed by atoms with van der Waals surface area (Å²) in [5.41, 5.74) is 2.44. The molecule has 0 atom stereocenters. The maximum atomic E-state index is 11.4. The van der Waals surface area contributed by atoms with Crippen LogP contribution >= 0.6 is 0 Å². The zero-order valence-corrected chi connectivity index (χ0v) is 8.88. The fourth-order valence-electron chi connectivity index (χ4n) is 1.96. The molecule has 0 aromatic heterocycles. The van der Waals surface area contributed by atoms with Crippen LogP contribution in [0, 0.1) is 13.8 Å². The Balaban J connectivity index is 2.80. The summed E-state index contributed by atoms with van der Waals surface area (Å²) < 4.78 is 10.1. The van der Waals surface area contributed by atoms with Crippen LogP contribution in [0.15, 0.2) is 0 Å². The van der Waals surface area contributed by atoms with Crippen LogP contribution < -0.4 is 4.74 Å². The van der Waals surface area contributed by atoms with E-state index in [1.54, 1.807) is 14.0 Å². The van der Waals surface area contributed by atoms with Gasteiger partial charge in [-0.3, -0.25) is 0 Å². The third kappa shape index (κ3) is 1.17. The zero-order chi connectivity index (χ0) is 11.2. The molecule has 0 bridgehead atoms. The Morgan fingerprint density at radius 2 is 2.00 bits per heavy atom. The molecule has 15 heavy (non-hydrogen) atoms. The fraction of sp³-hybridized carbons (Fsp3) is 0.364. The monoisotopic (exact) mass is 208 g/mol. The average Bonchev–Trinajstić information content (AvgIpc) is 2.58. The molecule has 4 nitrogen and oxygen atoms in total. The first kappa shape index (κ1) is 9.83. The predicted molar refractivity (Wildman–Crippen MR) is 53.3 cm³/mol. The number of benzene rings is 1. The highest BCUT2D eigenvalue weighted by molar-refractivity contribution is 5.97. The summed E-state index contributed by atoms with van der Waals surface area (Å²) in [5.74, 6) is 0.121. The van der Waals surface area contributed by atoms with E-state index >= 15 is 0 Å². The van der Waals surface area contributed by atoms with Gasteiger partial charge < -0.3 is 14.6 Å². The van der Waals surface area contributed by atoms with Gasteiger partial charge in [0.25, 0.3) is 0 Å². The second kappa shape index (κ2) is 3.15. The van der Waals surface area contributed by atoms with Crippen molar-refractivity contribution in [1.82, 2.24) is 0 Å². The van der Waals surface area contributed by atoms with Gasteiger partial charge in [0, 0.05) is 11.1 Å². The molecule has 1 aromatic carbocycles. The number of fused-ring (bicyclic) bond motifs is 1. The lowest BCUT2D eigenvalue weighted by molar-refractivity contribution is 0.0533. The molecule has 80 valence electrons. The highest BCUT2D eigenvalue weighted by atomic mass is 16.5. The zero-order valence-electron chi connectivity index (χ0n) is 8.88. The summed E-state index contributed by atoms with van der Waals surface area (Å²) in [7, 11) is 1.54. The highest BCUT2D eigenvalue weighted by Gasteiger charge is 2.30. The molecule has 0 radical (unpaired) electrons. The number of phenolic OH excluding ortho intramolecular Hbond substituents is 1. The maximum absolute atomic E-state index is 11.4. The molecule has 0 fully saturated rings. The maximum Gasteiger partial charge on any atom is 0.342 e. The lowest BCUT2D eigenvalue weighted by Gasteiger charge is -2.13. The van der Waals surface area contributed by atoms with E-state index in [2.05, 4.69) is 0 Å². The summed E-state index contributed by atoms with van der Waals surface area (Å²) in [6, 6.07) is 0. The topological polar surface area (TPSA) is 55.8 Å². The number of phenols is 1. The second-order valence-electron chi connectivity index (χ2n) is 3.56. The van der Waals surface area contributed by atoms with Crippen LogP contribution in [0.2, 0.25) is 0 Å². The van der Waals surface area contributed by atoms with Crippen molar-refractivity contribution in [3.63, 3.8) is 0 Å². The summed E-state index contributed by atoms with van der Waals surface area (Å²) >= 11 is 0. The number of rotatable bonds is 1. The minimum atomic E-state index is -0.462. The van der Waals surface area contributed by atoms with E-state index < -0.39 is 5.97 Å². The van der Waals surface area contributed by atoms with Crippen LogP contribution in [0.4, 0.5) is 0 Å². The number of methoxy groups -OCH3 is 1. The summed E-state index contributed by atoms with van der Waals surface area (Å²) in [6.45, 7) is 3.78. The molecule has 0 saturated heterocycles. The van der Waals surface area contributed by atoms with Crippen molar-refractivity contribution in [2.45, 2.75) is 20.5 Å². The van der Waals surface area contributed by atoms with E-state index in [9.17, 15) is 9.90 Å². The Morgan fingerprint density at radius 3 is 2.60 bits per heavy atom. The van der Waals surface area contributed by atoms with E-state index in [0.717, 1.165) is 11.1 Å². The van der Waals surface area contributed by atoms with Crippen LogP contribution in [0.3, 0.4) is 0 Å². The first-order chi connectivity index (χ1) is 7.07. The highest BCUT2D eigenvalue weighted by Crippen LogP contribution is 2.40. The minimum Gasteiger partial charge on any atom is -0.507 e. The Labute approximate surface area is 87.4 Å². The molecular formula is C11H12O4. The number of hydrogen-bond donors (Lipinski definition) is 1.